The predicted octanol–water partition coefficient (Wildman–Crippen LogP) is 2.87. The van der Waals surface area contributed by atoms with Crippen LogP contribution in [0.5, 0.6) is 0 Å². The average Bonchev–Trinajstić information content (AvgIpc) is 2.83. The number of rotatable bonds is 4. The molecule has 1 aromatic carbocycles. The van der Waals surface area contributed by atoms with Gasteiger partial charge in [-0.25, -0.2) is 0 Å². The molecule has 3 heteroatoms. The Labute approximate surface area is 120 Å². The predicted molar refractivity (Wildman–Crippen MR) is 80.5 cm³/mol. The number of aryl methyl sites for hydroxylation is 1. The van der Waals surface area contributed by atoms with Gasteiger partial charge in [0.2, 0.25) is 0 Å². The summed E-state index contributed by atoms with van der Waals surface area (Å²) < 4.78 is 5.63. The first kappa shape index (κ1) is 13.4. The molecular weight excluding hydrogens is 248 g/mol. The molecule has 3 rings (SSSR count). The topological polar surface area (TPSA) is 28.4 Å². The maximum absolute atomic E-state index is 5.63. The molecule has 0 saturated heterocycles. The largest absolute Gasteiger partial charge is 0.465 e. The summed E-state index contributed by atoms with van der Waals surface area (Å²) >= 11 is 0. The van der Waals surface area contributed by atoms with E-state index in [0.29, 0.717) is 0 Å². The number of nitrogens with zero attached hydrogens (tertiary/aromatic N) is 1. The lowest BCUT2D eigenvalue weighted by atomic mass is 9.98. The zero-order valence-electron chi connectivity index (χ0n) is 12.3. The molecule has 106 valence electrons. The Hall–Kier alpha value is -1.58. The highest BCUT2D eigenvalue weighted by atomic mass is 16.3. The van der Waals surface area contributed by atoms with E-state index in [1.807, 2.05) is 13.0 Å². The SMILES string of the molecule is Cc1ccc(CN(C)Cc2ccc3c(c2)CNCC3)o1. The zero-order valence-corrected chi connectivity index (χ0v) is 12.3. The van der Waals surface area contributed by atoms with Crippen LogP contribution < -0.4 is 5.32 Å². The van der Waals surface area contributed by atoms with Crippen LogP contribution in [0.4, 0.5) is 0 Å². The van der Waals surface area contributed by atoms with E-state index in [-0.39, 0.29) is 0 Å². The summed E-state index contributed by atoms with van der Waals surface area (Å²) in [6.07, 6.45) is 1.15. The second-order valence-electron chi connectivity index (χ2n) is 5.71. The summed E-state index contributed by atoms with van der Waals surface area (Å²) in [4.78, 5) is 2.29. The molecule has 20 heavy (non-hydrogen) atoms. The fourth-order valence-electron chi connectivity index (χ4n) is 2.84. The molecule has 1 aromatic heterocycles. The third-order valence-corrected chi connectivity index (χ3v) is 3.83. The maximum Gasteiger partial charge on any atom is 0.118 e. The molecule has 0 radical (unpaired) electrons. The molecule has 1 aliphatic rings. The minimum atomic E-state index is 0.850. The molecule has 0 atom stereocenters. The Balaban J connectivity index is 1.65. The molecule has 1 N–H and O–H groups in total. The van der Waals surface area contributed by atoms with Gasteiger partial charge in [-0.3, -0.25) is 4.90 Å². The molecular formula is C17H22N2O. The van der Waals surface area contributed by atoms with E-state index in [2.05, 4.69) is 41.5 Å². The highest BCUT2D eigenvalue weighted by Crippen LogP contribution is 2.17. The van der Waals surface area contributed by atoms with Gasteiger partial charge in [0, 0.05) is 13.1 Å². The first-order valence-electron chi connectivity index (χ1n) is 7.26. The molecule has 0 spiro atoms. The van der Waals surface area contributed by atoms with Gasteiger partial charge in [0.15, 0.2) is 0 Å². The lowest BCUT2D eigenvalue weighted by Gasteiger charge is -2.20. The van der Waals surface area contributed by atoms with Gasteiger partial charge in [-0.05, 0) is 55.8 Å². The number of benzene rings is 1. The van der Waals surface area contributed by atoms with Crippen LogP contribution in [0.25, 0.3) is 0 Å². The summed E-state index contributed by atoms with van der Waals surface area (Å²) in [5.74, 6) is 2.01. The third kappa shape index (κ3) is 3.11. The van der Waals surface area contributed by atoms with Crippen LogP contribution in [-0.4, -0.2) is 18.5 Å². The Morgan fingerprint density at radius 3 is 2.85 bits per heavy atom. The van der Waals surface area contributed by atoms with Crippen LogP contribution in [0, 0.1) is 6.92 Å². The van der Waals surface area contributed by atoms with E-state index in [0.717, 1.165) is 44.1 Å². The van der Waals surface area contributed by atoms with Gasteiger partial charge in [0.05, 0.1) is 6.54 Å². The van der Waals surface area contributed by atoms with Gasteiger partial charge >= 0.3 is 0 Å². The Morgan fingerprint density at radius 2 is 2.05 bits per heavy atom. The Morgan fingerprint density at radius 1 is 1.15 bits per heavy atom. The Bertz CT molecular complexity index is 588. The zero-order chi connectivity index (χ0) is 13.9. The molecule has 0 fully saturated rings. The first-order chi connectivity index (χ1) is 9.70. The van der Waals surface area contributed by atoms with Gasteiger partial charge in [-0.1, -0.05) is 18.2 Å². The van der Waals surface area contributed by atoms with Crippen molar-refractivity contribution in [3.8, 4) is 0 Å². The molecule has 1 aliphatic heterocycles. The monoisotopic (exact) mass is 270 g/mol. The van der Waals surface area contributed by atoms with Crippen molar-refractivity contribution in [2.75, 3.05) is 13.6 Å². The van der Waals surface area contributed by atoms with Crippen molar-refractivity contribution >= 4 is 0 Å². The minimum Gasteiger partial charge on any atom is -0.465 e. The van der Waals surface area contributed by atoms with Gasteiger partial charge < -0.3 is 9.73 Å². The number of hydrogen-bond acceptors (Lipinski definition) is 3. The summed E-state index contributed by atoms with van der Waals surface area (Å²) in [6, 6.07) is 11.0. The molecule has 0 bridgehead atoms. The van der Waals surface area contributed by atoms with Crippen LogP contribution >= 0.6 is 0 Å². The smallest absolute Gasteiger partial charge is 0.118 e. The van der Waals surface area contributed by atoms with Crippen molar-refractivity contribution in [3.63, 3.8) is 0 Å². The van der Waals surface area contributed by atoms with Gasteiger partial charge in [0.25, 0.3) is 0 Å². The quantitative estimate of drug-likeness (QED) is 0.926. The van der Waals surface area contributed by atoms with Gasteiger partial charge in [-0.2, -0.15) is 0 Å². The molecule has 0 unspecified atom stereocenters. The van der Waals surface area contributed by atoms with Crippen molar-refractivity contribution in [2.45, 2.75) is 33.0 Å². The van der Waals surface area contributed by atoms with Crippen molar-refractivity contribution in [1.82, 2.24) is 10.2 Å². The third-order valence-electron chi connectivity index (χ3n) is 3.83. The van der Waals surface area contributed by atoms with Gasteiger partial charge in [-0.15, -0.1) is 0 Å². The maximum atomic E-state index is 5.63. The summed E-state index contributed by atoms with van der Waals surface area (Å²) in [5, 5.41) is 3.44. The van der Waals surface area contributed by atoms with Gasteiger partial charge in [0.1, 0.15) is 11.5 Å². The van der Waals surface area contributed by atoms with E-state index in [4.69, 9.17) is 4.42 Å². The number of furan rings is 1. The average molecular weight is 270 g/mol. The van der Waals surface area contributed by atoms with Crippen molar-refractivity contribution in [2.24, 2.45) is 0 Å². The highest BCUT2D eigenvalue weighted by Gasteiger charge is 2.10. The van der Waals surface area contributed by atoms with Crippen LogP contribution in [0.15, 0.2) is 34.7 Å². The minimum absolute atomic E-state index is 0.850. The van der Waals surface area contributed by atoms with E-state index in [1.165, 1.54) is 16.7 Å². The summed E-state index contributed by atoms with van der Waals surface area (Å²) in [7, 11) is 2.13. The molecule has 0 saturated carbocycles. The van der Waals surface area contributed by atoms with Crippen molar-refractivity contribution < 1.29 is 4.42 Å². The van der Waals surface area contributed by atoms with E-state index in [9.17, 15) is 0 Å². The lowest BCUT2D eigenvalue weighted by molar-refractivity contribution is 0.285. The summed E-state index contributed by atoms with van der Waals surface area (Å²) in [6.45, 7) is 5.89. The van der Waals surface area contributed by atoms with Crippen LogP contribution in [0.3, 0.4) is 0 Å². The lowest BCUT2D eigenvalue weighted by Crippen LogP contribution is -2.24. The fraction of sp³-hybridized carbons (Fsp3) is 0.412. The normalized spacial score (nSPS) is 14.6. The fourth-order valence-corrected chi connectivity index (χ4v) is 2.84. The standard InChI is InChI=1S/C17H22N2O/c1-13-3-6-17(20-13)12-19(2)11-14-4-5-15-7-8-18-10-16(15)9-14/h3-6,9,18H,7-8,10-12H2,1-2H3. The second-order valence-corrected chi connectivity index (χ2v) is 5.71. The van der Waals surface area contributed by atoms with Crippen LogP contribution in [0.2, 0.25) is 0 Å². The van der Waals surface area contributed by atoms with E-state index >= 15 is 0 Å². The molecule has 3 nitrogen and oxygen atoms in total. The van der Waals surface area contributed by atoms with Crippen LogP contribution in [0.1, 0.15) is 28.2 Å². The summed E-state index contributed by atoms with van der Waals surface area (Å²) in [5.41, 5.74) is 4.33. The first-order valence-corrected chi connectivity index (χ1v) is 7.26. The Kier molecular flexibility index (Phi) is 3.90. The van der Waals surface area contributed by atoms with Crippen molar-refractivity contribution in [1.29, 1.82) is 0 Å². The highest BCUT2D eigenvalue weighted by molar-refractivity contribution is 5.33. The number of hydrogen-bond donors (Lipinski definition) is 1. The van der Waals surface area contributed by atoms with Crippen LogP contribution in [-0.2, 0) is 26.1 Å². The number of nitrogens with one attached hydrogen (secondary N) is 1. The second kappa shape index (κ2) is 5.81. The number of fused-ring (bicyclic) bond motifs is 1. The molecule has 0 aliphatic carbocycles. The molecule has 2 heterocycles. The molecule has 0 amide bonds. The van der Waals surface area contributed by atoms with E-state index < -0.39 is 0 Å². The van der Waals surface area contributed by atoms with Crippen molar-refractivity contribution in [3.05, 3.63) is 58.5 Å². The van der Waals surface area contributed by atoms with E-state index in [1.54, 1.807) is 0 Å². The molecule has 2 aromatic rings.